The molecule has 1 aromatic rings. The van der Waals surface area contributed by atoms with Crippen molar-refractivity contribution in [1.29, 1.82) is 0 Å². The molecule has 6 heteroatoms. The zero-order valence-electron chi connectivity index (χ0n) is 8.26. The average molecular weight is 245 g/mol. The summed E-state index contributed by atoms with van der Waals surface area (Å²) in [5, 5.41) is 0.788. The summed E-state index contributed by atoms with van der Waals surface area (Å²) in [7, 11) is -2.88. The van der Waals surface area contributed by atoms with Gasteiger partial charge in [0.1, 0.15) is 0 Å². The van der Waals surface area contributed by atoms with E-state index in [0.717, 1.165) is 11.3 Å². The summed E-state index contributed by atoms with van der Waals surface area (Å²) in [5.74, 6) is 0.415. The number of hydrogen-bond donors (Lipinski definition) is 0. The van der Waals surface area contributed by atoms with Crippen molar-refractivity contribution in [1.82, 2.24) is 4.98 Å². The van der Waals surface area contributed by atoms with E-state index in [9.17, 15) is 13.2 Å². The number of aldehydes is 1. The molecule has 2 rings (SSSR count). The molecule has 1 saturated heterocycles. The normalized spacial score (nSPS) is 24.2. The van der Waals surface area contributed by atoms with Crippen LogP contribution in [0.25, 0.3) is 0 Å². The number of aromatic nitrogens is 1. The van der Waals surface area contributed by atoms with E-state index in [0.29, 0.717) is 17.0 Å². The number of nitrogens with zero attached hydrogens (tertiary/aromatic N) is 1. The van der Waals surface area contributed by atoms with Crippen LogP contribution in [0.2, 0.25) is 0 Å². The fraction of sp³-hybridized carbons (Fsp3) is 0.556. The van der Waals surface area contributed by atoms with Crippen LogP contribution in [0.15, 0.2) is 0 Å². The van der Waals surface area contributed by atoms with Gasteiger partial charge in [-0.3, -0.25) is 4.79 Å². The lowest BCUT2D eigenvalue weighted by molar-refractivity contribution is 0.112. The van der Waals surface area contributed by atoms with E-state index >= 15 is 0 Å². The van der Waals surface area contributed by atoms with Crippen LogP contribution < -0.4 is 0 Å². The van der Waals surface area contributed by atoms with Gasteiger partial charge in [0.25, 0.3) is 0 Å². The third-order valence-electron chi connectivity index (χ3n) is 2.54. The molecule has 0 N–H and O–H groups in total. The fourth-order valence-electron chi connectivity index (χ4n) is 1.70. The van der Waals surface area contributed by atoms with Crippen molar-refractivity contribution in [2.75, 3.05) is 11.5 Å². The molecule has 0 bridgehead atoms. The SMILES string of the molecule is Cc1nc(C2CCS(=O)(=O)C2)sc1C=O. The minimum Gasteiger partial charge on any atom is -0.297 e. The second kappa shape index (κ2) is 3.68. The summed E-state index contributed by atoms with van der Waals surface area (Å²) in [6.45, 7) is 1.77. The van der Waals surface area contributed by atoms with E-state index in [1.807, 2.05) is 0 Å². The predicted molar refractivity (Wildman–Crippen MR) is 58.3 cm³/mol. The van der Waals surface area contributed by atoms with Crippen LogP contribution in [0, 0.1) is 6.92 Å². The van der Waals surface area contributed by atoms with Crippen LogP contribution in [0.3, 0.4) is 0 Å². The molecule has 1 unspecified atom stereocenters. The molecule has 4 nitrogen and oxygen atoms in total. The van der Waals surface area contributed by atoms with Crippen molar-refractivity contribution < 1.29 is 13.2 Å². The summed E-state index contributed by atoms with van der Waals surface area (Å²) in [6, 6.07) is 0. The number of carbonyl (C=O) groups excluding carboxylic acids is 1. The highest BCUT2D eigenvalue weighted by atomic mass is 32.2. The second-order valence-electron chi connectivity index (χ2n) is 3.72. The molecule has 0 aromatic carbocycles. The molecule has 82 valence electrons. The van der Waals surface area contributed by atoms with E-state index < -0.39 is 9.84 Å². The van der Waals surface area contributed by atoms with Gasteiger partial charge in [0.05, 0.1) is 27.1 Å². The fourth-order valence-corrected chi connectivity index (χ4v) is 4.57. The Morgan fingerprint density at radius 1 is 1.53 bits per heavy atom. The first-order valence-corrected chi connectivity index (χ1v) is 7.28. The Labute approximate surface area is 92.3 Å². The number of thiazole rings is 1. The Morgan fingerprint density at radius 3 is 2.73 bits per heavy atom. The van der Waals surface area contributed by atoms with Crippen molar-refractivity contribution in [3.8, 4) is 0 Å². The van der Waals surface area contributed by atoms with Crippen LogP contribution in [-0.4, -0.2) is 31.2 Å². The first-order chi connectivity index (χ1) is 7.02. The third-order valence-corrected chi connectivity index (χ3v) is 5.55. The Bertz CT molecular complexity index is 489. The zero-order valence-corrected chi connectivity index (χ0v) is 9.90. The molecule has 1 aliphatic heterocycles. The smallest absolute Gasteiger partial charge is 0.161 e. The van der Waals surface area contributed by atoms with Crippen LogP contribution in [0.5, 0.6) is 0 Å². The average Bonchev–Trinajstić information content (AvgIpc) is 2.69. The van der Waals surface area contributed by atoms with E-state index in [1.165, 1.54) is 11.3 Å². The first-order valence-electron chi connectivity index (χ1n) is 4.65. The topological polar surface area (TPSA) is 64.1 Å². The van der Waals surface area contributed by atoms with Crippen molar-refractivity contribution in [2.45, 2.75) is 19.3 Å². The van der Waals surface area contributed by atoms with Gasteiger partial charge >= 0.3 is 0 Å². The molecule has 0 saturated carbocycles. The van der Waals surface area contributed by atoms with Gasteiger partial charge in [-0.2, -0.15) is 0 Å². The monoisotopic (exact) mass is 245 g/mol. The minimum atomic E-state index is -2.88. The van der Waals surface area contributed by atoms with Crippen LogP contribution in [0.1, 0.15) is 32.7 Å². The predicted octanol–water partition coefficient (Wildman–Crippen LogP) is 1.17. The Hall–Kier alpha value is -0.750. The Morgan fingerprint density at radius 2 is 2.27 bits per heavy atom. The van der Waals surface area contributed by atoms with E-state index in [1.54, 1.807) is 6.92 Å². The Kier molecular flexibility index (Phi) is 2.64. The molecule has 0 spiro atoms. The molecule has 1 fully saturated rings. The number of hydrogen-bond acceptors (Lipinski definition) is 5. The quantitative estimate of drug-likeness (QED) is 0.734. The van der Waals surface area contributed by atoms with Gasteiger partial charge in [-0.1, -0.05) is 0 Å². The summed E-state index contributed by atoms with van der Waals surface area (Å²) in [4.78, 5) is 15.5. The number of carbonyl (C=O) groups is 1. The number of aryl methyl sites for hydroxylation is 1. The van der Waals surface area contributed by atoms with Gasteiger partial charge < -0.3 is 0 Å². The second-order valence-corrected chi connectivity index (χ2v) is 7.01. The molecule has 1 aliphatic rings. The summed E-state index contributed by atoms with van der Waals surface area (Å²) in [5.41, 5.74) is 0.703. The van der Waals surface area contributed by atoms with E-state index in [2.05, 4.69) is 4.98 Å². The van der Waals surface area contributed by atoms with Gasteiger partial charge in [-0.25, -0.2) is 13.4 Å². The molecule has 2 heterocycles. The maximum Gasteiger partial charge on any atom is 0.161 e. The van der Waals surface area contributed by atoms with Gasteiger partial charge in [-0.05, 0) is 13.3 Å². The van der Waals surface area contributed by atoms with Crippen molar-refractivity contribution in [3.05, 3.63) is 15.6 Å². The highest BCUT2D eigenvalue weighted by molar-refractivity contribution is 7.91. The van der Waals surface area contributed by atoms with E-state index in [-0.39, 0.29) is 17.4 Å². The number of rotatable bonds is 2. The van der Waals surface area contributed by atoms with Gasteiger partial charge in [-0.15, -0.1) is 11.3 Å². The Balaban J connectivity index is 2.28. The summed E-state index contributed by atoms with van der Waals surface area (Å²) in [6.07, 6.45) is 1.41. The highest BCUT2D eigenvalue weighted by Gasteiger charge is 2.31. The van der Waals surface area contributed by atoms with Gasteiger partial charge in [0.15, 0.2) is 16.1 Å². The van der Waals surface area contributed by atoms with Gasteiger partial charge in [0.2, 0.25) is 0 Å². The highest BCUT2D eigenvalue weighted by Crippen LogP contribution is 2.32. The lowest BCUT2D eigenvalue weighted by atomic mass is 10.1. The summed E-state index contributed by atoms with van der Waals surface area (Å²) >= 11 is 1.31. The molecular formula is C9H11NO3S2. The number of sulfone groups is 1. The third kappa shape index (κ3) is 2.10. The largest absolute Gasteiger partial charge is 0.297 e. The molecule has 1 aromatic heterocycles. The zero-order chi connectivity index (χ0) is 11.1. The molecular weight excluding hydrogens is 234 g/mol. The van der Waals surface area contributed by atoms with Crippen LogP contribution in [0.4, 0.5) is 0 Å². The molecule has 0 radical (unpaired) electrons. The molecule has 0 amide bonds. The minimum absolute atomic E-state index is 0.00704. The molecule has 1 atom stereocenters. The van der Waals surface area contributed by atoms with Crippen molar-refractivity contribution in [3.63, 3.8) is 0 Å². The van der Waals surface area contributed by atoms with Crippen molar-refractivity contribution >= 4 is 27.5 Å². The van der Waals surface area contributed by atoms with E-state index in [4.69, 9.17) is 0 Å². The van der Waals surface area contributed by atoms with Gasteiger partial charge in [0, 0.05) is 5.92 Å². The molecule has 0 aliphatic carbocycles. The maximum atomic E-state index is 11.3. The summed E-state index contributed by atoms with van der Waals surface area (Å²) < 4.78 is 22.6. The first kappa shape index (κ1) is 10.8. The lowest BCUT2D eigenvalue weighted by Crippen LogP contribution is -2.03. The lowest BCUT2D eigenvalue weighted by Gasteiger charge is -2.00. The molecule has 15 heavy (non-hydrogen) atoms. The van der Waals surface area contributed by atoms with Crippen LogP contribution >= 0.6 is 11.3 Å². The van der Waals surface area contributed by atoms with Crippen LogP contribution in [-0.2, 0) is 9.84 Å². The van der Waals surface area contributed by atoms with Crippen molar-refractivity contribution in [2.24, 2.45) is 0 Å². The maximum absolute atomic E-state index is 11.3. The standard InChI is InChI=1S/C9H11NO3S2/c1-6-8(4-11)14-9(10-6)7-2-3-15(12,13)5-7/h4,7H,2-3,5H2,1H3.